The van der Waals surface area contributed by atoms with Gasteiger partial charge in [0.2, 0.25) is 5.82 Å². The fourth-order valence-electron chi connectivity index (χ4n) is 2.50. The molecule has 8 heteroatoms. The average molecular weight is 337 g/mol. The standard InChI is InChI=1S/C16H17F2N3O3/c1-16(2,3)24-15(22)19-14-12-11(21(4)20-14)9-6-5-8(17)7-10(9)13(18)23-12/h5-7,13H,1-4H3,(H,19,20,22). The number of aryl methyl sites for hydroxylation is 1. The van der Waals surface area contributed by atoms with Gasteiger partial charge in [0.05, 0.1) is 0 Å². The zero-order valence-corrected chi connectivity index (χ0v) is 13.7. The molecular formula is C16H17F2N3O3. The molecule has 0 saturated heterocycles. The Hall–Kier alpha value is -2.64. The molecule has 0 aliphatic carbocycles. The molecule has 0 fully saturated rings. The Bertz CT molecular complexity index is 812. The van der Waals surface area contributed by atoms with Crippen molar-refractivity contribution >= 4 is 11.9 Å². The third-order valence-corrected chi connectivity index (χ3v) is 3.36. The van der Waals surface area contributed by atoms with Crippen LogP contribution in [0.15, 0.2) is 18.2 Å². The molecule has 24 heavy (non-hydrogen) atoms. The number of carbonyl (C=O) groups is 1. The highest BCUT2D eigenvalue weighted by Crippen LogP contribution is 2.46. The molecule has 2 heterocycles. The maximum Gasteiger partial charge on any atom is 0.413 e. The quantitative estimate of drug-likeness (QED) is 0.856. The van der Waals surface area contributed by atoms with Gasteiger partial charge in [-0.2, -0.15) is 9.49 Å². The van der Waals surface area contributed by atoms with E-state index in [0.717, 1.165) is 6.07 Å². The number of carbonyl (C=O) groups excluding carboxylic acids is 1. The minimum atomic E-state index is -1.86. The largest absolute Gasteiger partial charge is 0.450 e. The van der Waals surface area contributed by atoms with Crippen molar-refractivity contribution in [2.24, 2.45) is 7.05 Å². The Morgan fingerprint density at radius 2 is 2.12 bits per heavy atom. The fourth-order valence-corrected chi connectivity index (χ4v) is 2.50. The topological polar surface area (TPSA) is 65.4 Å². The summed E-state index contributed by atoms with van der Waals surface area (Å²) in [5.41, 5.74) is 0.295. The Morgan fingerprint density at radius 3 is 2.79 bits per heavy atom. The van der Waals surface area contributed by atoms with Gasteiger partial charge >= 0.3 is 6.09 Å². The number of fused-ring (bicyclic) bond motifs is 3. The Labute approximate surface area is 137 Å². The summed E-state index contributed by atoms with van der Waals surface area (Å²) >= 11 is 0. The maximum absolute atomic E-state index is 14.3. The van der Waals surface area contributed by atoms with Gasteiger partial charge in [-0.15, -0.1) is 0 Å². The van der Waals surface area contributed by atoms with Crippen LogP contribution in [-0.2, 0) is 11.8 Å². The number of nitrogens with one attached hydrogen (secondary N) is 1. The number of alkyl halides is 1. The van der Waals surface area contributed by atoms with Gasteiger partial charge in [0.1, 0.15) is 17.1 Å². The highest BCUT2D eigenvalue weighted by molar-refractivity contribution is 5.89. The van der Waals surface area contributed by atoms with Crippen LogP contribution in [0, 0.1) is 5.82 Å². The first-order valence-electron chi connectivity index (χ1n) is 7.33. The molecule has 0 radical (unpaired) electrons. The van der Waals surface area contributed by atoms with E-state index in [4.69, 9.17) is 9.47 Å². The summed E-state index contributed by atoms with van der Waals surface area (Å²) in [7, 11) is 1.62. The first-order chi connectivity index (χ1) is 11.2. The monoisotopic (exact) mass is 337 g/mol. The summed E-state index contributed by atoms with van der Waals surface area (Å²) in [5.74, 6) is -0.438. The lowest BCUT2D eigenvalue weighted by Gasteiger charge is -2.22. The lowest BCUT2D eigenvalue weighted by atomic mass is 10.0. The summed E-state index contributed by atoms with van der Waals surface area (Å²) in [4.78, 5) is 11.9. The summed E-state index contributed by atoms with van der Waals surface area (Å²) in [6, 6.07) is 3.77. The minimum Gasteiger partial charge on any atom is -0.450 e. The van der Waals surface area contributed by atoms with E-state index in [-0.39, 0.29) is 17.1 Å². The van der Waals surface area contributed by atoms with Crippen LogP contribution in [0.2, 0.25) is 0 Å². The molecule has 128 valence electrons. The van der Waals surface area contributed by atoms with Crippen LogP contribution in [0.25, 0.3) is 11.3 Å². The van der Waals surface area contributed by atoms with Gasteiger partial charge in [0, 0.05) is 18.2 Å². The van der Waals surface area contributed by atoms with E-state index in [2.05, 4.69) is 10.4 Å². The second-order valence-corrected chi connectivity index (χ2v) is 6.44. The van der Waals surface area contributed by atoms with Crippen LogP contribution in [0.5, 0.6) is 5.75 Å². The van der Waals surface area contributed by atoms with Crippen LogP contribution in [-0.4, -0.2) is 21.5 Å². The molecule has 2 aromatic rings. The van der Waals surface area contributed by atoms with E-state index >= 15 is 0 Å². The molecule has 1 unspecified atom stereocenters. The normalized spacial score (nSPS) is 16.0. The van der Waals surface area contributed by atoms with E-state index in [1.807, 2.05) is 0 Å². The van der Waals surface area contributed by atoms with Crippen molar-refractivity contribution in [1.82, 2.24) is 9.78 Å². The van der Waals surface area contributed by atoms with Gasteiger partial charge in [-0.1, -0.05) is 0 Å². The van der Waals surface area contributed by atoms with Gasteiger partial charge in [-0.05, 0) is 39.0 Å². The van der Waals surface area contributed by atoms with Crippen molar-refractivity contribution in [1.29, 1.82) is 0 Å². The van der Waals surface area contributed by atoms with E-state index in [0.29, 0.717) is 11.3 Å². The first-order valence-corrected chi connectivity index (χ1v) is 7.33. The number of anilines is 1. The molecule has 0 saturated carbocycles. The molecule has 1 aromatic heterocycles. The van der Waals surface area contributed by atoms with Crippen molar-refractivity contribution < 1.29 is 23.0 Å². The van der Waals surface area contributed by atoms with Gasteiger partial charge < -0.3 is 9.47 Å². The van der Waals surface area contributed by atoms with Gasteiger partial charge in [-0.25, -0.2) is 9.18 Å². The van der Waals surface area contributed by atoms with E-state index in [9.17, 15) is 13.6 Å². The fraction of sp³-hybridized carbons (Fsp3) is 0.375. The molecule has 0 spiro atoms. The van der Waals surface area contributed by atoms with E-state index in [1.54, 1.807) is 27.8 Å². The summed E-state index contributed by atoms with van der Waals surface area (Å²) in [6.07, 6.45) is -2.58. The van der Waals surface area contributed by atoms with E-state index < -0.39 is 23.9 Å². The second-order valence-electron chi connectivity index (χ2n) is 6.44. The molecular weight excluding hydrogens is 320 g/mol. The highest BCUT2D eigenvalue weighted by Gasteiger charge is 2.33. The smallest absolute Gasteiger partial charge is 0.413 e. The third kappa shape index (κ3) is 2.91. The summed E-state index contributed by atoms with van der Waals surface area (Å²) in [5, 5.41) is 6.59. The predicted molar refractivity (Wildman–Crippen MR) is 82.9 cm³/mol. The number of rotatable bonds is 1. The summed E-state index contributed by atoms with van der Waals surface area (Å²) in [6.45, 7) is 5.16. The van der Waals surface area contributed by atoms with Crippen molar-refractivity contribution in [2.75, 3.05) is 5.32 Å². The van der Waals surface area contributed by atoms with Crippen molar-refractivity contribution in [2.45, 2.75) is 32.7 Å². The van der Waals surface area contributed by atoms with Gasteiger partial charge in [0.25, 0.3) is 6.36 Å². The Morgan fingerprint density at radius 1 is 1.42 bits per heavy atom. The lowest BCUT2D eigenvalue weighted by Crippen LogP contribution is -2.27. The lowest BCUT2D eigenvalue weighted by molar-refractivity contribution is 0.0604. The van der Waals surface area contributed by atoms with Gasteiger partial charge in [-0.3, -0.25) is 10.00 Å². The maximum atomic E-state index is 14.3. The number of amides is 1. The number of hydrogen-bond donors (Lipinski definition) is 1. The molecule has 1 aliphatic heterocycles. The van der Waals surface area contributed by atoms with Crippen molar-refractivity contribution in [3.05, 3.63) is 29.6 Å². The molecule has 1 atom stereocenters. The number of hydrogen-bond acceptors (Lipinski definition) is 4. The molecule has 1 amide bonds. The molecule has 0 bridgehead atoms. The summed E-state index contributed by atoms with van der Waals surface area (Å²) < 4.78 is 39.4. The average Bonchev–Trinajstić information content (AvgIpc) is 2.73. The van der Waals surface area contributed by atoms with Gasteiger partial charge in [0.15, 0.2) is 5.75 Å². The Kier molecular flexibility index (Phi) is 3.70. The SMILES string of the molecule is Cn1nc(NC(=O)OC(C)(C)C)c2c1-c1ccc(F)cc1C(F)O2. The highest BCUT2D eigenvalue weighted by atomic mass is 19.1. The molecule has 1 N–H and O–H groups in total. The van der Waals surface area contributed by atoms with Crippen LogP contribution < -0.4 is 10.1 Å². The van der Waals surface area contributed by atoms with E-state index in [1.165, 1.54) is 16.8 Å². The second kappa shape index (κ2) is 5.47. The predicted octanol–water partition coefficient (Wildman–Crippen LogP) is 3.93. The van der Waals surface area contributed by atoms with Crippen LogP contribution in [0.4, 0.5) is 19.4 Å². The van der Waals surface area contributed by atoms with Crippen LogP contribution in [0.1, 0.15) is 32.7 Å². The Balaban J connectivity index is 1.99. The third-order valence-electron chi connectivity index (χ3n) is 3.36. The van der Waals surface area contributed by atoms with Crippen molar-refractivity contribution in [3.8, 4) is 17.0 Å². The molecule has 3 rings (SSSR count). The number of aromatic nitrogens is 2. The van der Waals surface area contributed by atoms with Crippen LogP contribution >= 0.6 is 0 Å². The molecule has 1 aliphatic rings. The van der Waals surface area contributed by atoms with Crippen LogP contribution in [0.3, 0.4) is 0 Å². The first kappa shape index (κ1) is 16.2. The zero-order valence-electron chi connectivity index (χ0n) is 13.7. The minimum absolute atomic E-state index is 0.0411. The molecule has 6 nitrogen and oxygen atoms in total. The number of ether oxygens (including phenoxy) is 2. The van der Waals surface area contributed by atoms with Crippen molar-refractivity contribution in [3.63, 3.8) is 0 Å². The number of halogens is 2. The zero-order chi connectivity index (χ0) is 17.6. The number of nitrogens with zero attached hydrogens (tertiary/aromatic N) is 2. The molecule has 1 aromatic carbocycles. The number of benzene rings is 1.